The Kier molecular flexibility index (Phi) is 5.38. The first-order chi connectivity index (χ1) is 9.24. The quantitative estimate of drug-likeness (QED) is 0.898. The van der Waals surface area contributed by atoms with Gasteiger partial charge in [-0.1, -0.05) is 0 Å². The van der Waals surface area contributed by atoms with E-state index >= 15 is 0 Å². The van der Waals surface area contributed by atoms with Gasteiger partial charge in [-0.05, 0) is 24.3 Å². The van der Waals surface area contributed by atoms with Crippen molar-refractivity contribution in [2.75, 3.05) is 38.6 Å². The fourth-order valence-corrected chi connectivity index (χ4v) is 1.71. The van der Waals surface area contributed by atoms with E-state index in [0.717, 1.165) is 5.69 Å². The van der Waals surface area contributed by atoms with Crippen LogP contribution in [-0.2, 0) is 0 Å². The molecule has 0 aliphatic heterocycles. The van der Waals surface area contributed by atoms with Gasteiger partial charge in [0, 0.05) is 38.4 Å². The van der Waals surface area contributed by atoms with Crippen molar-refractivity contribution in [2.24, 2.45) is 5.73 Å². The molecule has 0 spiro atoms. The number of nitrogens with two attached hydrogens (primary N) is 1. The predicted molar refractivity (Wildman–Crippen MR) is 71.8 cm³/mol. The Bertz CT molecular complexity index is 443. The van der Waals surface area contributed by atoms with Crippen molar-refractivity contribution in [1.29, 1.82) is 0 Å². The number of nitrogens with zero attached hydrogens (tertiary/aromatic N) is 2. The van der Waals surface area contributed by atoms with Crippen molar-refractivity contribution < 1.29 is 18.0 Å². The lowest BCUT2D eigenvalue weighted by molar-refractivity contribution is -0.140. The van der Waals surface area contributed by atoms with E-state index in [-0.39, 0.29) is 18.7 Å². The van der Waals surface area contributed by atoms with Gasteiger partial charge >= 0.3 is 6.18 Å². The molecule has 4 nitrogen and oxygen atoms in total. The fourth-order valence-electron chi connectivity index (χ4n) is 1.71. The fraction of sp³-hybridized carbons (Fsp3) is 0.462. The van der Waals surface area contributed by atoms with Gasteiger partial charge in [-0.3, -0.25) is 4.79 Å². The van der Waals surface area contributed by atoms with E-state index in [4.69, 9.17) is 5.73 Å². The number of anilines is 1. The molecule has 0 unspecified atom stereocenters. The van der Waals surface area contributed by atoms with Crippen LogP contribution in [-0.4, -0.2) is 50.7 Å². The molecular weight excluding hydrogens is 271 g/mol. The summed E-state index contributed by atoms with van der Waals surface area (Å²) in [6.07, 6.45) is -4.44. The standard InChI is InChI=1S/C13H18F3N3O/c1-18(2)11-5-3-10(4-6-11)12(20)19(8-7-17)9-13(14,15)16/h3-6H,7-9,17H2,1-2H3. The maximum Gasteiger partial charge on any atom is 0.406 e. The van der Waals surface area contributed by atoms with Gasteiger partial charge < -0.3 is 15.5 Å². The summed E-state index contributed by atoms with van der Waals surface area (Å²) >= 11 is 0. The first kappa shape index (κ1) is 16.3. The number of carbonyl (C=O) groups is 1. The molecule has 112 valence electrons. The van der Waals surface area contributed by atoms with Crippen LogP contribution in [0.4, 0.5) is 18.9 Å². The lowest BCUT2D eigenvalue weighted by Gasteiger charge is -2.23. The number of carbonyl (C=O) groups excluding carboxylic acids is 1. The van der Waals surface area contributed by atoms with E-state index in [1.54, 1.807) is 12.1 Å². The second-order valence-corrected chi connectivity index (χ2v) is 4.57. The highest BCUT2D eigenvalue weighted by Gasteiger charge is 2.33. The summed E-state index contributed by atoms with van der Waals surface area (Å²) in [5.41, 5.74) is 6.34. The third-order valence-corrected chi connectivity index (χ3v) is 2.69. The third-order valence-electron chi connectivity index (χ3n) is 2.69. The predicted octanol–water partition coefficient (Wildman–Crippen LogP) is 1.72. The van der Waals surface area contributed by atoms with Crippen molar-refractivity contribution in [3.63, 3.8) is 0 Å². The lowest BCUT2D eigenvalue weighted by atomic mass is 10.1. The molecule has 1 rings (SSSR count). The third kappa shape index (κ3) is 4.73. The van der Waals surface area contributed by atoms with Gasteiger partial charge in [-0.25, -0.2) is 0 Å². The van der Waals surface area contributed by atoms with E-state index in [2.05, 4.69) is 0 Å². The van der Waals surface area contributed by atoms with E-state index in [0.29, 0.717) is 4.90 Å². The molecule has 0 heterocycles. The highest BCUT2D eigenvalue weighted by atomic mass is 19.4. The minimum atomic E-state index is -4.44. The van der Waals surface area contributed by atoms with Crippen LogP contribution in [0.2, 0.25) is 0 Å². The van der Waals surface area contributed by atoms with Gasteiger partial charge in [-0.2, -0.15) is 13.2 Å². The summed E-state index contributed by atoms with van der Waals surface area (Å²) in [6.45, 7) is -1.44. The van der Waals surface area contributed by atoms with Crippen LogP contribution < -0.4 is 10.6 Å². The van der Waals surface area contributed by atoms with Crippen LogP contribution in [0.25, 0.3) is 0 Å². The molecule has 0 fully saturated rings. The van der Waals surface area contributed by atoms with E-state index < -0.39 is 18.6 Å². The Morgan fingerprint density at radius 2 is 1.75 bits per heavy atom. The van der Waals surface area contributed by atoms with Crippen molar-refractivity contribution in [2.45, 2.75) is 6.18 Å². The summed E-state index contributed by atoms with van der Waals surface area (Å²) in [4.78, 5) is 14.6. The Morgan fingerprint density at radius 3 is 2.15 bits per heavy atom. The second-order valence-electron chi connectivity index (χ2n) is 4.57. The summed E-state index contributed by atoms with van der Waals surface area (Å²) in [5.74, 6) is -0.668. The summed E-state index contributed by atoms with van der Waals surface area (Å²) in [5, 5.41) is 0. The van der Waals surface area contributed by atoms with Crippen LogP contribution in [0.1, 0.15) is 10.4 Å². The number of halogens is 3. The number of amides is 1. The molecule has 0 atom stereocenters. The summed E-state index contributed by atoms with van der Waals surface area (Å²) in [7, 11) is 3.67. The number of rotatable bonds is 5. The molecule has 1 aromatic rings. The molecule has 0 saturated carbocycles. The molecule has 0 radical (unpaired) electrons. The van der Waals surface area contributed by atoms with Crippen LogP contribution in [0.3, 0.4) is 0 Å². The van der Waals surface area contributed by atoms with Gasteiger partial charge in [0.05, 0.1) is 0 Å². The number of hydrogen-bond donors (Lipinski definition) is 1. The van der Waals surface area contributed by atoms with Crippen LogP contribution >= 0.6 is 0 Å². The molecule has 0 saturated heterocycles. The van der Waals surface area contributed by atoms with Gasteiger partial charge in [-0.15, -0.1) is 0 Å². The average molecular weight is 289 g/mol. The molecule has 7 heteroatoms. The van der Waals surface area contributed by atoms with Crippen LogP contribution in [0, 0.1) is 0 Å². The summed E-state index contributed by atoms with van der Waals surface area (Å²) in [6, 6.07) is 6.39. The molecule has 1 amide bonds. The van der Waals surface area contributed by atoms with E-state index in [9.17, 15) is 18.0 Å². The van der Waals surface area contributed by atoms with Crippen LogP contribution in [0.15, 0.2) is 24.3 Å². The first-order valence-corrected chi connectivity index (χ1v) is 6.08. The molecule has 20 heavy (non-hydrogen) atoms. The Hall–Kier alpha value is -1.76. The number of benzene rings is 1. The highest BCUT2D eigenvalue weighted by Crippen LogP contribution is 2.19. The Balaban J connectivity index is 2.88. The highest BCUT2D eigenvalue weighted by molar-refractivity contribution is 5.94. The van der Waals surface area contributed by atoms with E-state index in [1.807, 2.05) is 19.0 Å². The summed E-state index contributed by atoms with van der Waals surface area (Å²) < 4.78 is 37.3. The molecule has 2 N–H and O–H groups in total. The van der Waals surface area contributed by atoms with Crippen molar-refractivity contribution in [3.8, 4) is 0 Å². The minimum absolute atomic E-state index is 0.0163. The van der Waals surface area contributed by atoms with Gasteiger partial charge in [0.2, 0.25) is 0 Å². The Labute approximate surface area is 116 Å². The molecule has 0 aromatic heterocycles. The first-order valence-electron chi connectivity index (χ1n) is 6.08. The molecular formula is C13H18F3N3O. The van der Waals surface area contributed by atoms with Crippen molar-refractivity contribution in [1.82, 2.24) is 4.90 Å². The topological polar surface area (TPSA) is 49.6 Å². The monoisotopic (exact) mass is 289 g/mol. The zero-order valence-electron chi connectivity index (χ0n) is 11.4. The van der Waals surface area contributed by atoms with Crippen molar-refractivity contribution >= 4 is 11.6 Å². The Morgan fingerprint density at radius 1 is 1.20 bits per heavy atom. The maximum atomic E-state index is 12.4. The van der Waals surface area contributed by atoms with Crippen molar-refractivity contribution in [3.05, 3.63) is 29.8 Å². The lowest BCUT2D eigenvalue weighted by Crippen LogP contribution is -2.41. The molecule has 0 aliphatic carbocycles. The number of hydrogen-bond acceptors (Lipinski definition) is 3. The SMILES string of the molecule is CN(C)c1ccc(C(=O)N(CCN)CC(F)(F)F)cc1. The smallest absolute Gasteiger partial charge is 0.378 e. The zero-order chi connectivity index (χ0) is 15.3. The molecule has 0 bridgehead atoms. The van der Waals surface area contributed by atoms with Gasteiger partial charge in [0.1, 0.15) is 6.54 Å². The normalized spacial score (nSPS) is 11.3. The second kappa shape index (κ2) is 6.60. The molecule has 0 aliphatic rings. The largest absolute Gasteiger partial charge is 0.406 e. The minimum Gasteiger partial charge on any atom is -0.378 e. The number of alkyl halides is 3. The molecule has 1 aromatic carbocycles. The van der Waals surface area contributed by atoms with Crippen LogP contribution in [0.5, 0.6) is 0 Å². The average Bonchev–Trinajstić information content (AvgIpc) is 2.36. The van der Waals surface area contributed by atoms with Gasteiger partial charge in [0.25, 0.3) is 5.91 Å². The zero-order valence-corrected chi connectivity index (χ0v) is 11.4. The van der Waals surface area contributed by atoms with E-state index in [1.165, 1.54) is 12.1 Å². The maximum absolute atomic E-state index is 12.4. The van der Waals surface area contributed by atoms with Gasteiger partial charge in [0.15, 0.2) is 0 Å².